The molecule has 3 rings (SSSR count). The molecule has 0 spiro atoms. The number of nitrogens with one attached hydrogen (secondary N) is 2. The largest absolute Gasteiger partial charge is 0.461 e. The minimum atomic E-state index is -0.978. The number of anilines is 1. The van der Waals surface area contributed by atoms with Crippen molar-refractivity contribution in [3.8, 4) is 0 Å². The van der Waals surface area contributed by atoms with Crippen molar-refractivity contribution in [2.75, 3.05) is 11.9 Å². The van der Waals surface area contributed by atoms with Crippen molar-refractivity contribution < 1.29 is 23.9 Å². The monoisotopic (exact) mass is 460 g/mol. The van der Waals surface area contributed by atoms with Crippen LogP contribution in [0, 0.1) is 6.92 Å². The topological polar surface area (TPSA) is 93.7 Å². The third-order valence-corrected chi connectivity index (χ3v) is 4.98. The van der Waals surface area contributed by atoms with E-state index in [2.05, 4.69) is 10.6 Å². The molecule has 1 amide bonds. The van der Waals surface area contributed by atoms with Crippen LogP contribution in [0.5, 0.6) is 0 Å². The van der Waals surface area contributed by atoms with E-state index in [0.717, 1.165) is 16.7 Å². The minimum Gasteiger partial charge on any atom is -0.461 e. The van der Waals surface area contributed by atoms with E-state index in [1.165, 1.54) is 0 Å². The van der Waals surface area contributed by atoms with Gasteiger partial charge >= 0.3 is 11.9 Å². The maximum absolute atomic E-state index is 12.9. The van der Waals surface area contributed by atoms with Gasteiger partial charge in [0.2, 0.25) is 5.91 Å². The molecule has 1 unspecified atom stereocenters. The molecule has 0 aliphatic heterocycles. The second kappa shape index (κ2) is 12.9. The van der Waals surface area contributed by atoms with Crippen LogP contribution >= 0.6 is 0 Å². The lowest BCUT2D eigenvalue weighted by Crippen LogP contribution is -2.44. The highest BCUT2D eigenvalue weighted by atomic mass is 16.5. The zero-order valence-electron chi connectivity index (χ0n) is 19.0. The van der Waals surface area contributed by atoms with Crippen LogP contribution in [0.4, 0.5) is 5.69 Å². The van der Waals surface area contributed by atoms with Crippen LogP contribution in [0.1, 0.15) is 23.1 Å². The molecule has 0 fully saturated rings. The van der Waals surface area contributed by atoms with Gasteiger partial charge < -0.3 is 14.8 Å². The van der Waals surface area contributed by atoms with Crippen molar-refractivity contribution in [3.05, 3.63) is 102 Å². The first kappa shape index (κ1) is 24.7. The first-order valence-electron chi connectivity index (χ1n) is 11.0. The predicted octanol–water partition coefficient (Wildman–Crippen LogP) is 3.77. The Hall–Kier alpha value is -3.97. The summed E-state index contributed by atoms with van der Waals surface area (Å²) in [6.45, 7) is 1.94. The second-order valence-electron chi connectivity index (χ2n) is 7.79. The van der Waals surface area contributed by atoms with Gasteiger partial charge in [0.05, 0.1) is 19.0 Å². The molecule has 34 heavy (non-hydrogen) atoms. The van der Waals surface area contributed by atoms with E-state index < -0.39 is 23.9 Å². The fourth-order valence-electron chi connectivity index (χ4n) is 3.08. The summed E-state index contributed by atoms with van der Waals surface area (Å²) in [5, 5.41) is 5.60. The van der Waals surface area contributed by atoms with Gasteiger partial charge in [-0.3, -0.25) is 19.7 Å². The van der Waals surface area contributed by atoms with Gasteiger partial charge in [-0.05, 0) is 30.2 Å². The number of carbonyl (C=O) groups is 3. The number of rotatable bonds is 11. The van der Waals surface area contributed by atoms with Crippen molar-refractivity contribution in [3.63, 3.8) is 0 Å². The highest BCUT2D eigenvalue weighted by Gasteiger charge is 2.24. The molecule has 0 saturated carbocycles. The van der Waals surface area contributed by atoms with Crippen LogP contribution in [0.2, 0.25) is 0 Å². The third kappa shape index (κ3) is 8.52. The van der Waals surface area contributed by atoms with Gasteiger partial charge in [0, 0.05) is 5.69 Å². The molecule has 0 aliphatic rings. The van der Waals surface area contributed by atoms with Gasteiger partial charge in [-0.25, -0.2) is 0 Å². The zero-order valence-corrected chi connectivity index (χ0v) is 19.0. The SMILES string of the molecule is Cc1ccc(NC(=O)C(CC(=O)OCc2ccccc2)NCC(=O)OCc2ccccc2)cc1. The lowest BCUT2D eigenvalue weighted by atomic mass is 10.1. The Kier molecular flexibility index (Phi) is 9.37. The number of hydrogen-bond acceptors (Lipinski definition) is 6. The Morgan fingerprint density at radius 3 is 1.82 bits per heavy atom. The standard InChI is InChI=1S/C27H28N2O5/c1-20-12-14-23(15-13-20)29-27(32)24(16-25(30)33-18-21-8-4-2-5-9-21)28-17-26(31)34-19-22-10-6-3-7-11-22/h2-15,24,28H,16-19H2,1H3,(H,29,32). The van der Waals surface area contributed by atoms with Crippen molar-refractivity contribution in [1.82, 2.24) is 5.32 Å². The molecule has 176 valence electrons. The summed E-state index contributed by atoms with van der Waals surface area (Å²) in [6.07, 6.45) is -0.240. The van der Waals surface area contributed by atoms with Gasteiger partial charge in [0.25, 0.3) is 0 Å². The number of benzene rings is 3. The van der Waals surface area contributed by atoms with Crippen molar-refractivity contribution in [2.45, 2.75) is 32.6 Å². The molecule has 3 aromatic carbocycles. The third-order valence-electron chi connectivity index (χ3n) is 4.98. The maximum atomic E-state index is 12.9. The summed E-state index contributed by atoms with van der Waals surface area (Å²) in [7, 11) is 0. The molecule has 1 atom stereocenters. The molecule has 2 N–H and O–H groups in total. The Balaban J connectivity index is 1.56. The van der Waals surface area contributed by atoms with Gasteiger partial charge in [0.15, 0.2) is 0 Å². The predicted molar refractivity (Wildman–Crippen MR) is 129 cm³/mol. The van der Waals surface area contributed by atoms with Crippen LogP contribution in [0.3, 0.4) is 0 Å². The fourth-order valence-corrected chi connectivity index (χ4v) is 3.08. The molecule has 0 aliphatic carbocycles. The molecule has 7 nitrogen and oxygen atoms in total. The highest BCUT2D eigenvalue weighted by Crippen LogP contribution is 2.11. The minimum absolute atomic E-state index is 0.102. The molecule has 0 heterocycles. The van der Waals surface area contributed by atoms with Crippen molar-refractivity contribution >= 4 is 23.5 Å². The highest BCUT2D eigenvalue weighted by molar-refractivity contribution is 5.97. The summed E-state index contributed by atoms with van der Waals surface area (Å²) in [5.74, 6) is -1.54. The van der Waals surface area contributed by atoms with Gasteiger partial charge in [0.1, 0.15) is 13.2 Å². The Morgan fingerprint density at radius 2 is 1.26 bits per heavy atom. The van der Waals surface area contributed by atoms with Gasteiger partial charge in [-0.2, -0.15) is 0 Å². The number of hydrogen-bond donors (Lipinski definition) is 2. The van der Waals surface area contributed by atoms with E-state index >= 15 is 0 Å². The van der Waals surface area contributed by atoms with E-state index in [4.69, 9.17) is 9.47 Å². The number of amides is 1. The van der Waals surface area contributed by atoms with Gasteiger partial charge in [-0.1, -0.05) is 78.4 Å². The van der Waals surface area contributed by atoms with Crippen LogP contribution in [0.15, 0.2) is 84.9 Å². The Labute approximate surface area is 199 Å². The zero-order chi connectivity index (χ0) is 24.2. The normalized spacial score (nSPS) is 11.3. The molecule has 0 bridgehead atoms. The number of ether oxygens (including phenoxy) is 2. The van der Waals surface area contributed by atoms with E-state index in [-0.39, 0.29) is 26.2 Å². The Bertz CT molecular complexity index is 1070. The summed E-state index contributed by atoms with van der Waals surface area (Å²) in [6, 6.07) is 24.8. The first-order valence-corrected chi connectivity index (χ1v) is 11.0. The van der Waals surface area contributed by atoms with E-state index in [1.807, 2.05) is 79.7 Å². The lowest BCUT2D eigenvalue weighted by molar-refractivity contribution is -0.148. The van der Waals surface area contributed by atoms with E-state index in [0.29, 0.717) is 5.69 Å². The van der Waals surface area contributed by atoms with Crippen molar-refractivity contribution in [1.29, 1.82) is 0 Å². The summed E-state index contributed by atoms with van der Waals surface area (Å²) >= 11 is 0. The molecular weight excluding hydrogens is 432 g/mol. The van der Waals surface area contributed by atoms with Crippen molar-refractivity contribution in [2.24, 2.45) is 0 Å². The smallest absolute Gasteiger partial charge is 0.320 e. The quantitative estimate of drug-likeness (QED) is 0.423. The average Bonchev–Trinajstić information content (AvgIpc) is 2.86. The molecule has 7 heteroatoms. The second-order valence-corrected chi connectivity index (χ2v) is 7.79. The number of esters is 2. The fraction of sp³-hybridized carbons (Fsp3) is 0.222. The van der Waals surface area contributed by atoms with Crippen LogP contribution in [-0.2, 0) is 37.1 Å². The first-order chi connectivity index (χ1) is 16.5. The molecule has 0 aromatic heterocycles. The summed E-state index contributed by atoms with van der Waals surface area (Å²) < 4.78 is 10.6. The Morgan fingerprint density at radius 1 is 0.735 bits per heavy atom. The summed E-state index contributed by atoms with van der Waals surface area (Å²) in [4.78, 5) is 37.5. The van der Waals surface area contributed by atoms with Crippen LogP contribution < -0.4 is 10.6 Å². The summed E-state index contributed by atoms with van der Waals surface area (Å²) in [5.41, 5.74) is 3.34. The van der Waals surface area contributed by atoms with Crippen LogP contribution in [0.25, 0.3) is 0 Å². The number of carbonyl (C=O) groups excluding carboxylic acids is 3. The molecule has 0 radical (unpaired) electrons. The van der Waals surface area contributed by atoms with E-state index in [9.17, 15) is 14.4 Å². The average molecular weight is 461 g/mol. The lowest BCUT2D eigenvalue weighted by Gasteiger charge is -2.18. The van der Waals surface area contributed by atoms with E-state index in [1.54, 1.807) is 12.1 Å². The maximum Gasteiger partial charge on any atom is 0.320 e. The molecule has 0 saturated heterocycles. The van der Waals surface area contributed by atoms with Gasteiger partial charge in [-0.15, -0.1) is 0 Å². The van der Waals surface area contributed by atoms with Crippen LogP contribution in [-0.4, -0.2) is 30.4 Å². The molecular formula is C27H28N2O5. The number of aryl methyl sites for hydroxylation is 1. The molecule has 3 aromatic rings.